The van der Waals surface area contributed by atoms with Gasteiger partial charge in [-0.25, -0.2) is 4.79 Å². The molecular weight excluding hydrogens is 320 g/mol. The number of carbonyl (C=O) groups excluding carboxylic acids is 3. The molecule has 0 aliphatic carbocycles. The minimum atomic E-state index is -0.819. The maximum Gasteiger partial charge on any atom is 0.330 e. The number of esters is 2. The fraction of sp³-hybridized carbons (Fsp3) is 0.450. The van der Waals surface area contributed by atoms with E-state index in [1.165, 1.54) is 13.0 Å². The smallest absolute Gasteiger partial charge is 0.330 e. The van der Waals surface area contributed by atoms with E-state index in [2.05, 4.69) is 0 Å². The second-order valence-corrected chi connectivity index (χ2v) is 6.73. The van der Waals surface area contributed by atoms with Gasteiger partial charge in [-0.15, -0.1) is 0 Å². The van der Waals surface area contributed by atoms with Crippen molar-refractivity contribution in [1.82, 2.24) is 0 Å². The lowest BCUT2D eigenvalue weighted by Crippen LogP contribution is -2.33. The molecule has 5 nitrogen and oxygen atoms in total. The molecule has 1 rings (SSSR count). The molecule has 0 N–H and O–H groups in total. The fourth-order valence-corrected chi connectivity index (χ4v) is 2.12. The zero-order chi connectivity index (χ0) is 19.0. The monoisotopic (exact) mass is 346 g/mol. The van der Waals surface area contributed by atoms with Gasteiger partial charge in [-0.1, -0.05) is 24.3 Å². The lowest BCUT2D eigenvalue weighted by atomic mass is 9.95. The summed E-state index contributed by atoms with van der Waals surface area (Å²) in [7, 11) is 0. The summed E-state index contributed by atoms with van der Waals surface area (Å²) in [5.74, 6) is -1.94. The van der Waals surface area contributed by atoms with E-state index in [-0.39, 0.29) is 12.2 Å². The molecule has 1 aromatic carbocycles. The second-order valence-electron chi connectivity index (χ2n) is 6.73. The van der Waals surface area contributed by atoms with Gasteiger partial charge in [0.2, 0.25) is 0 Å². The van der Waals surface area contributed by atoms with Crippen molar-refractivity contribution < 1.29 is 23.9 Å². The molecule has 0 fully saturated rings. The summed E-state index contributed by atoms with van der Waals surface area (Å²) in [4.78, 5) is 35.3. The summed E-state index contributed by atoms with van der Waals surface area (Å²) in [5.41, 5.74) is 1.04. The topological polar surface area (TPSA) is 69.7 Å². The maximum atomic E-state index is 12.2. The third kappa shape index (κ3) is 7.79. The standard InChI is InChI=1S/C20H26O5/c1-6-24-18(22)12-11-15-7-9-16(10-8-15)13-17(14(2)21)19(23)25-20(3,4)5/h7-12,17H,6,13H2,1-5H3/b12-11+. The molecule has 0 saturated heterocycles. The molecule has 1 unspecified atom stereocenters. The first kappa shape index (κ1) is 20.6. The van der Waals surface area contributed by atoms with E-state index in [1.54, 1.807) is 33.8 Å². The van der Waals surface area contributed by atoms with Crippen molar-refractivity contribution in [3.05, 3.63) is 41.5 Å². The van der Waals surface area contributed by atoms with Gasteiger partial charge in [-0.3, -0.25) is 9.59 Å². The molecule has 0 amide bonds. The highest BCUT2D eigenvalue weighted by Crippen LogP contribution is 2.17. The molecular formula is C20H26O5. The van der Waals surface area contributed by atoms with Crippen LogP contribution in [-0.4, -0.2) is 29.9 Å². The Balaban J connectivity index is 2.78. The van der Waals surface area contributed by atoms with Crippen LogP contribution in [0, 0.1) is 5.92 Å². The Morgan fingerprint density at radius 2 is 1.72 bits per heavy atom. The van der Waals surface area contributed by atoms with Crippen LogP contribution in [0.3, 0.4) is 0 Å². The molecule has 0 aliphatic heterocycles. The molecule has 5 heteroatoms. The van der Waals surface area contributed by atoms with Crippen LogP contribution in [0.15, 0.2) is 30.3 Å². The second kappa shape index (κ2) is 9.16. The number of carbonyl (C=O) groups is 3. The predicted molar refractivity (Wildman–Crippen MR) is 95.8 cm³/mol. The van der Waals surface area contributed by atoms with Crippen LogP contribution in [0.5, 0.6) is 0 Å². The molecule has 0 aliphatic rings. The number of rotatable bonds is 7. The minimum Gasteiger partial charge on any atom is -0.463 e. The Labute approximate surface area is 149 Å². The molecule has 0 saturated carbocycles. The van der Waals surface area contributed by atoms with Crippen molar-refractivity contribution in [2.75, 3.05) is 6.61 Å². The van der Waals surface area contributed by atoms with E-state index < -0.39 is 23.5 Å². The van der Waals surface area contributed by atoms with Crippen molar-refractivity contribution >= 4 is 23.8 Å². The van der Waals surface area contributed by atoms with E-state index in [1.807, 2.05) is 24.3 Å². The van der Waals surface area contributed by atoms with Gasteiger partial charge in [0.25, 0.3) is 0 Å². The summed E-state index contributed by atoms with van der Waals surface area (Å²) < 4.78 is 10.1. The Kier molecular flexibility index (Phi) is 7.55. The molecule has 0 bridgehead atoms. The van der Waals surface area contributed by atoms with Gasteiger partial charge in [0.05, 0.1) is 6.61 Å². The average molecular weight is 346 g/mol. The third-order valence-electron chi connectivity index (χ3n) is 3.30. The van der Waals surface area contributed by atoms with Crippen LogP contribution < -0.4 is 0 Å². The summed E-state index contributed by atoms with van der Waals surface area (Å²) in [6.07, 6.45) is 3.29. The van der Waals surface area contributed by atoms with E-state index >= 15 is 0 Å². The van der Waals surface area contributed by atoms with Gasteiger partial charge < -0.3 is 9.47 Å². The highest BCUT2D eigenvalue weighted by molar-refractivity contribution is 5.98. The van der Waals surface area contributed by atoms with Crippen LogP contribution in [0.25, 0.3) is 6.08 Å². The summed E-state index contributed by atoms with van der Waals surface area (Å²) in [6, 6.07) is 7.28. The summed E-state index contributed by atoms with van der Waals surface area (Å²) in [6.45, 7) is 8.78. The zero-order valence-electron chi connectivity index (χ0n) is 15.5. The molecule has 0 heterocycles. The lowest BCUT2D eigenvalue weighted by molar-refractivity contribution is -0.161. The van der Waals surface area contributed by atoms with Gasteiger partial charge in [-0.05, 0) is 58.2 Å². The SMILES string of the molecule is CCOC(=O)/C=C/c1ccc(CC(C(C)=O)C(=O)OC(C)(C)C)cc1. The van der Waals surface area contributed by atoms with Crippen LogP contribution in [0.4, 0.5) is 0 Å². The molecule has 0 spiro atoms. The molecule has 0 aromatic heterocycles. The normalized spacial score (nSPS) is 12.7. The molecule has 1 atom stereocenters. The van der Waals surface area contributed by atoms with Gasteiger partial charge in [0, 0.05) is 6.08 Å². The first-order valence-electron chi connectivity index (χ1n) is 8.29. The largest absolute Gasteiger partial charge is 0.463 e. The van der Waals surface area contributed by atoms with E-state index in [4.69, 9.17) is 9.47 Å². The van der Waals surface area contributed by atoms with Crippen molar-refractivity contribution in [3.63, 3.8) is 0 Å². The van der Waals surface area contributed by atoms with Crippen molar-refractivity contribution in [3.8, 4) is 0 Å². The average Bonchev–Trinajstić information content (AvgIpc) is 2.50. The van der Waals surface area contributed by atoms with Crippen LogP contribution in [0.2, 0.25) is 0 Å². The quantitative estimate of drug-likeness (QED) is 0.430. The number of benzene rings is 1. The summed E-state index contributed by atoms with van der Waals surface area (Å²) in [5, 5.41) is 0. The molecule has 1 aromatic rings. The zero-order valence-corrected chi connectivity index (χ0v) is 15.5. The third-order valence-corrected chi connectivity index (χ3v) is 3.30. The van der Waals surface area contributed by atoms with Gasteiger partial charge in [0.15, 0.2) is 0 Å². The first-order valence-corrected chi connectivity index (χ1v) is 8.29. The maximum absolute atomic E-state index is 12.2. The van der Waals surface area contributed by atoms with Crippen LogP contribution in [0.1, 0.15) is 45.7 Å². The Morgan fingerprint density at radius 1 is 1.12 bits per heavy atom. The van der Waals surface area contributed by atoms with E-state index in [0.717, 1.165) is 11.1 Å². The van der Waals surface area contributed by atoms with Crippen molar-refractivity contribution in [2.24, 2.45) is 5.92 Å². The number of Topliss-reactive ketones (excluding diaryl/α,β-unsaturated/α-hetero) is 1. The number of hydrogen-bond donors (Lipinski definition) is 0. The Hall–Kier alpha value is -2.43. The van der Waals surface area contributed by atoms with E-state index in [9.17, 15) is 14.4 Å². The van der Waals surface area contributed by atoms with Crippen molar-refractivity contribution in [2.45, 2.75) is 46.6 Å². The number of ether oxygens (including phenoxy) is 2. The van der Waals surface area contributed by atoms with Gasteiger partial charge in [-0.2, -0.15) is 0 Å². The number of hydrogen-bond acceptors (Lipinski definition) is 5. The first-order chi connectivity index (χ1) is 11.6. The predicted octanol–water partition coefficient (Wildman–Crippen LogP) is 3.35. The Bertz CT molecular complexity index is 635. The van der Waals surface area contributed by atoms with E-state index in [0.29, 0.717) is 6.61 Å². The molecule has 25 heavy (non-hydrogen) atoms. The van der Waals surface area contributed by atoms with Crippen molar-refractivity contribution in [1.29, 1.82) is 0 Å². The van der Waals surface area contributed by atoms with Gasteiger partial charge >= 0.3 is 11.9 Å². The van der Waals surface area contributed by atoms with Crippen LogP contribution >= 0.6 is 0 Å². The number of ketones is 1. The van der Waals surface area contributed by atoms with Gasteiger partial charge in [0.1, 0.15) is 17.3 Å². The lowest BCUT2D eigenvalue weighted by Gasteiger charge is -2.23. The minimum absolute atomic E-state index is 0.222. The highest BCUT2D eigenvalue weighted by Gasteiger charge is 2.28. The molecule has 0 radical (unpaired) electrons. The van der Waals surface area contributed by atoms with Crippen LogP contribution in [-0.2, 0) is 30.3 Å². The summed E-state index contributed by atoms with van der Waals surface area (Å²) >= 11 is 0. The fourth-order valence-electron chi connectivity index (χ4n) is 2.12. The highest BCUT2D eigenvalue weighted by atomic mass is 16.6. The molecule has 136 valence electrons. The Morgan fingerprint density at radius 3 is 2.20 bits per heavy atom.